The Balaban J connectivity index is 1.15. The van der Waals surface area contributed by atoms with E-state index in [0.717, 1.165) is 45.9 Å². The van der Waals surface area contributed by atoms with E-state index in [1.165, 1.54) is 35.2 Å². The summed E-state index contributed by atoms with van der Waals surface area (Å²) in [5.41, 5.74) is 3.55. The van der Waals surface area contributed by atoms with E-state index in [9.17, 15) is 9.18 Å². The molecule has 188 valence electrons. The van der Waals surface area contributed by atoms with Crippen molar-refractivity contribution in [1.29, 1.82) is 0 Å². The Kier molecular flexibility index (Phi) is 6.39. The second-order valence-electron chi connectivity index (χ2n) is 8.59. The van der Waals surface area contributed by atoms with Gasteiger partial charge < -0.3 is 14.5 Å². The third-order valence-corrected chi connectivity index (χ3v) is 8.30. The largest absolute Gasteiger partial charge is 0.495 e. The van der Waals surface area contributed by atoms with E-state index in [4.69, 9.17) is 4.74 Å². The molecule has 0 atom stereocenters. The minimum absolute atomic E-state index is 0.0676. The number of ether oxygens (including phenoxy) is 1. The molecule has 11 heteroatoms. The second kappa shape index (κ2) is 9.98. The molecule has 1 aliphatic rings. The van der Waals surface area contributed by atoms with E-state index < -0.39 is 0 Å². The van der Waals surface area contributed by atoms with Gasteiger partial charge in [0.2, 0.25) is 5.91 Å². The Morgan fingerprint density at radius 3 is 2.65 bits per heavy atom. The number of carbonyl (C=O) groups is 1. The van der Waals surface area contributed by atoms with Crippen LogP contribution in [0.15, 0.2) is 65.4 Å². The van der Waals surface area contributed by atoms with Crippen molar-refractivity contribution in [2.45, 2.75) is 5.16 Å². The summed E-state index contributed by atoms with van der Waals surface area (Å²) in [5, 5.41) is 12.2. The average molecular weight is 535 g/mol. The maximum Gasteiger partial charge on any atom is 0.233 e. The average Bonchev–Trinajstić information content (AvgIpc) is 3.56. The normalized spacial score (nSPS) is 14.0. The summed E-state index contributed by atoms with van der Waals surface area (Å²) in [6.45, 7) is 2.79. The van der Waals surface area contributed by atoms with Crippen molar-refractivity contribution in [2.75, 3.05) is 43.9 Å². The van der Waals surface area contributed by atoms with Crippen LogP contribution in [0.3, 0.4) is 0 Å². The Labute approximate surface area is 220 Å². The van der Waals surface area contributed by atoms with E-state index in [2.05, 4.69) is 20.1 Å². The van der Waals surface area contributed by atoms with E-state index in [1.54, 1.807) is 25.6 Å². The molecular weight excluding hydrogens is 511 g/mol. The molecule has 4 heterocycles. The van der Waals surface area contributed by atoms with Gasteiger partial charge in [-0.2, -0.15) is 0 Å². The van der Waals surface area contributed by atoms with Gasteiger partial charge in [-0.3, -0.25) is 9.20 Å². The van der Waals surface area contributed by atoms with Crippen LogP contribution in [0.4, 0.5) is 10.1 Å². The number of aromatic nitrogens is 4. The maximum absolute atomic E-state index is 13.4. The fraction of sp³-hybridized carbons (Fsp3) is 0.231. The number of para-hydroxylation sites is 2. The highest BCUT2D eigenvalue weighted by molar-refractivity contribution is 7.99. The first-order valence-electron chi connectivity index (χ1n) is 11.8. The van der Waals surface area contributed by atoms with Gasteiger partial charge in [0.15, 0.2) is 10.8 Å². The lowest BCUT2D eigenvalue weighted by Gasteiger charge is -2.36. The fourth-order valence-electron chi connectivity index (χ4n) is 4.57. The molecule has 0 aliphatic carbocycles. The maximum atomic E-state index is 13.4. The summed E-state index contributed by atoms with van der Waals surface area (Å²) < 4.78 is 20.7. The van der Waals surface area contributed by atoms with Gasteiger partial charge in [-0.1, -0.05) is 36.0 Å². The Bertz CT molecular complexity index is 1580. The minimum atomic E-state index is -0.279. The standard InChI is InChI=1S/C26H23FN6O2S2/c1-35-21-5-3-2-4-20(21)31-10-12-32(13-11-31)22(34)15-37-26-30-29-24-23-19(17-6-8-18(27)9-7-17)14-36-25(23)28-16-33(24)26/h2-9,14,16H,10-13,15H2,1H3. The third kappa shape index (κ3) is 4.49. The Hall–Kier alpha value is -3.70. The van der Waals surface area contributed by atoms with Crippen molar-refractivity contribution >= 4 is 50.6 Å². The van der Waals surface area contributed by atoms with Crippen LogP contribution < -0.4 is 9.64 Å². The Morgan fingerprint density at radius 1 is 1.08 bits per heavy atom. The summed E-state index contributed by atoms with van der Waals surface area (Å²) >= 11 is 2.86. The molecule has 1 saturated heterocycles. The second-order valence-corrected chi connectivity index (χ2v) is 10.4. The zero-order valence-electron chi connectivity index (χ0n) is 20.0. The summed E-state index contributed by atoms with van der Waals surface area (Å²) in [5.74, 6) is 0.895. The zero-order valence-corrected chi connectivity index (χ0v) is 21.6. The van der Waals surface area contributed by atoms with Crippen LogP contribution in [0.2, 0.25) is 0 Å². The van der Waals surface area contributed by atoms with Crippen LogP contribution in [0.5, 0.6) is 5.75 Å². The number of benzene rings is 2. The first kappa shape index (κ1) is 23.7. The van der Waals surface area contributed by atoms with Crippen molar-refractivity contribution < 1.29 is 13.9 Å². The van der Waals surface area contributed by atoms with Gasteiger partial charge in [0.05, 0.1) is 23.9 Å². The zero-order chi connectivity index (χ0) is 25.4. The molecule has 0 radical (unpaired) electrons. The molecule has 0 N–H and O–H groups in total. The summed E-state index contributed by atoms with van der Waals surface area (Å²) in [4.78, 5) is 22.5. The van der Waals surface area contributed by atoms with E-state index >= 15 is 0 Å². The van der Waals surface area contributed by atoms with E-state index in [1.807, 2.05) is 38.9 Å². The lowest BCUT2D eigenvalue weighted by Crippen LogP contribution is -2.49. The molecule has 37 heavy (non-hydrogen) atoms. The number of halogens is 1. The summed E-state index contributed by atoms with van der Waals surface area (Å²) in [6, 6.07) is 14.3. The van der Waals surface area contributed by atoms with Gasteiger partial charge in [0.25, 0.3) is 0 Å². The number of nitrogens with zero attached hydrogens (tertiary/aromatic N) is 6. The molecule has 2 aromatic carbocycles. The molecule has 0 unspecified atom stereocenters. The molecule has 0 spiro atoms. The molecule has 1 amide bonds. The quantitative estimate of drug-likeness (QED) is 0.295. The predicted octanol–water partition coefficient (Wildman–Crippen LogP) is 4.59. The molecule has 1 fully saturated rings. The lowest BCUT2D eigenvalue weighted by atomic mass is 10.1. The van der Waals surface area contributed by atoms with Crippen molar-refractivity contribution in [3.63, 3.8) is 0 Å². The van der Waals surface area contributed by atoms with E-state index in [-0.39, 0.29) is 17.5 Å². The molecule has 3 aromatic heterocycles. The molecule has 1 aliphatic heterocycles. The van der Waals surface area contributed by atoms with Gasteiger partial charge >= 0.3 is 0 Å². The number of methoxy groups -OCH3 is 1. The number of anilines is 1. The SMILES string of the molecule is COc1ccccc1N1CCN(C(=O)CSc2nnc3c4c(-c5ccc(F)cc5)csc4ncn23)CC1. The van der Waals surface area contributed by atoms with Gasteiger partial charge in [0.1, 0.15) is 22.7 Å². The number of rotatable bonds is 6. The number of fused-ring (bicyclic) bond motifs is 3. The van der Waals surface area contributed by atoms with Gasteiger partial charge in [-0.25, -0.2) is 9.37 Å². The van der Waals surface area contributed by atoms with Crippen molar-refractivity contribution in [3.8, 4) is 16.9 Å². The highest BCUT2D eigenvalue weighted by Gasteiger charge is 2.24. The van der Waals surface area contributed by atoms with Crippen molar-refractivity contribution in [3.05, 3.63) is 66.1 Å². The smallest absolute Gasteiger partial charge is 0.233 e. The molecular formula is C26H23FN6O2S2. The minimum Gasteiger partial charge on any atom is -0.495 e. The van der Waals surface area contributed by atoms with Crippen molar-refractivity contribution in [1.82, 2.24) is 24.5 Å². The number of thiophene rings is 1. The number of hydrogen-bond acceptors (Lipinski definition) is 8. The van der Waals surface area contributed by atoms with Crippen LogP contribution >= 0.6 is 23.1 Å². The molecule has 6 rings (SSSR count). The monoisotopic (exact) mass is 534 g/mol. The topological polar surface area (TPSA) is 75.9 Å². The fourth-order valence-corrected chi connectivity index (χ4v) is 6.28. The van der Waals surface area contributed by atoms with Crippen LogP contribution in [0.25, 0.3) is 27.0 Å². The Morgan fingerprint density at radius 2 is 1.86 bits per heavy atom. The number of thioether (sulfide) groups is 1. The molecule has 8 nitrogen and oxygen atoms in total. The first-order chi connectivity index (χ1) is 18.1. The highest BCUT2D eigenvalue weighted by atomic mass is 32.2. The number of amides is 1. The summed E-state index contributed by atoms with van der Waals surface area (Å²) in [6.07, 6.45) is 1.70. The number of piperazine rings is 1. The van der Waals surface area contributed by atoms with Crippen LogP contribution in [-0.2, 0) is 4.79 Å². The molecule has 5 aromatic rings. The van der Waals surface area contributed by atoms with Gasteiger partial charge in [-0.15, -0.1) is 21.5 Å². The summed E-state index contributed by atoms with van der Waals surface area (Å²) in [7, 11) is 1.67. The third-order valence-electron chi connectivity index (χ3n) is 6.49. The van der Waals surface area contributed by atoms with Crippen molar-refractivity contribution in [2.24, 2.45) is 0 Å². The molecule has 0 bridgehead atoms. The van der Waals surface area contributed by atoms with E-state index in [0.29, 0.717) is 23.9 Å². The lowest BCUT2D eigenvalue weighted by molar-refractivity contribution is -0.128. The van der Waals surface area contributed by atoms with Crippen LogP contribution in [0, 0.1) is 5.82 Å². The van der Waals surface area contributed by atoms with Gasteiger partial charge in [-0.05, 0) is 29.8 Å². The first-order valence-corrected chi connectivity index (χ1v) is 13.6. The number of hydrogen-bond donors (Lipinski definition) is 0. The highest BCUT2D eigenvalue weighted by Crippen LogP contribution is 2.36. The number of carbonyl (C=O) groups excluding carboxylic acids is 1. The predicted molar refractivity (Wildman–Crippen MR) is 144 cm³/mol. The van der Waals surface area contributed by atoms with Crippen LogP contribution in [-0.4, -0.2) is 69.4 Å². The van der Waals surface area contributed by atoms with Crippen LogP contribution in [0.1, 0.15) is 0 Å². The molecule has 0 saturated carbocycles. The van der Waals surface area contributed by atoms with Gasteiger partial charge in [0, 0.05) is 37.1 Å².